The summed E-state index contributed by atoms with van der Waals surface area (Å²) in [6.07, 6.45) is 1.50. The summed E-state index contributed by atoms with van der Waals surface area (Å²) in [5.74, 6) is 4.46. The second kappa shape index (κ2) is 5.39. The highest BCUT2D eigenvalue weighted by molar-refractivity contribution is 9.10. The van der Waals surface area contributed by atoms with E-state index in [1.54, 1.807) is 0 Å². The summed E-state index contributed by atoms with van der Waals surface area (Å²) in [6.45, 7) is 0. The van der Waals surface area contributed by atoms with Crippen LogP contribution >= 0.6 is 39.9 Å². The molecule has 0 bridgehead atoms. The summed E-state index contributed by atoms with van der Waals surface area (Å²) in [7, 11) is 0. The molecule has 13 heavy (non-hydrogen) atoms. The van der Waals surface area contributed by atoms with E-state index < -0.39 is 5.91 Å². The van der Waals surface area contributed by atoms with Crippen molar-refractivity contribution in [3.63, 3.8) is 0 Å². The number of pyridine rings is 1. The molecule has 72 valence electrons. The number of nitrogens with one attached hydrogen (secondary N) is 1. The third-order valence-corrected chi connectivity index (χ3v) is 1.92. The number of nitrogens with zero attached hydrogens (tertiary/aromatic N) is 1. The summed E-state index contributed by atoms with van der Waals surface area (Å²) >= 11 is 8.77. The van der Waals surface area contributed by atoms with Gasteiger partial charge in [0.1, 0.15) is 5.15 Å². The molecular weight excluding hydrogens is 281 g/mol. The lowest BCUT2D eigenvalue weighted by Crippen LogP contribution is -2.30. The van der Waals surface area contributed by atoms with Crippen LogP contribution < -0.4 is 11.3 Å². The molecule has 0 saturated heterocycles. The van der Waals surface area contributed by atoms with Crippen molar-refractivity contribution in [2.24, 2.45) is 5.84 Å². The quantitative estimate of drug-likeness (QED) is 0.356. The minimum Gasteiger partial charge on any atom is -0.290 e. The van der Waals surface area contributed by atoms with E-state index in [0.717, 1.165) is 0 Å². The van der Waals surface area contributed by atoms with E-state index in [9.17, 15) is 4.79 Å². The van der Waals surface area contributed by atoms with E-state index in [0.29, 0.717) is 4.47 Å². The Morgan fingerprint density at radius 3 is 2.85 bits per heavy atom. The van der Waals surface area contributed by atoms with Crippen LogP contribution in [-0.2, 0) is 0 Å². The van der Waals surface area contributed by atoms with Crippen LogP contribution in [-0.4, -0.2) is 10.9 Å². The molecule has 4 nitrogen and oxygen atoms in total. The average molecular weight is 287 g/mol. The van der Waals surface area contributed by atoms with Crippen molar-refractivity contribution < 1.29 is 4.79 Å². The number of hydrogen-bond donors (Lipinski definition) is 2. The van der Waals surface area contributed by atoms with Crippen molar-refractivity contribution in [2.45, 2.75) is 0 Å². The van der Waals surface area contributed by atoms with Gasteiger partial charge in [0.2, 0.25) is 0 Å². The Morgan fingerprint density at radius 1 is 1.69 bits per heavy atom. The van der Waals surface area contributed by atoms with Gasteiger partial charge in [-0.3, -0.25) is 10.2 Å². The highest BCUT2D eigenvalue weighted by Gasteiger charge is 2.09. The first-order valence-corrected chi connectivity index (χ1v) is 4.14. The number of amides is 1. The zero-order valence-electron chi connectivity index (χ0n) is 6.25. The van der Waals surface area contributed by atoms with Gasteiger partial charge in [-0.1, -0.05) is 11.6 Å². The number of nitrogens with two attached hydrogens (primary N) is 1. The Bertz CT molecular complexity index is 321. The lowest BCUT2D eigenvalue weighted by Gasteiger charge is -2.01. The van der Waals surface area contributed by atoms with E-state index in [2.05, 4.69) is 20.9 Å². The van der Waals surface area contributed by atoms with Crippen molar-refractivity contribution >= 4 is 45.8 Å². The van der Waals surface area contributed by atoms with Crippen molar-refractivity contribution in [1.29, 1.82) is 0 Å². The molecule has 0 spiro atoms. The molecule has 1 rings (SSSR count). The SMILES string of the molecule is Cl.NNC(=O)c1cc(Br)cnc1Cl. The smallest absolute Gasteiger partial charge is 0.268 e. The molecule has 0 radical (unpaired) electrons. The van der Waals surface area contributed by atoms with E-state index in [1.165, 1.54) is 12.3 Å². The van der Waals surface area contributed by atoms with Crippen LogP contribution in [0.15, 0.2) is 16.7 Å². The molecule has 7 heteroatoms. The Kier molecular flexibility index (Phi) is 5.24. The molecule has 3 N–H and O–H groups in total. The Morgan fingerprint density at radius 2 is 2.31 bits per heavy atom. The van der Waals surface area contributed by atoms with E-state index in [4.69, 9.17) is 17.4 Å². The largest absolute Gasteiger partial charge is 0.290 e. The predicted molar refractivity (Wildman–Crippen MR) is 55.8 cm³/mol. The number of halogens is 3. The Labute approximate surface area is 94.4 Å². The van der Waals surface area contributed by atoms with Crippen LogP contribution in [0.2, 0.25) is 5.15 Å². The van der Waals surface area contributed by atoms with Crippen molar-refractivity contribution in [1.82, 2.24) is 10.4 Å². The fraction of sp³-hybridized carbons (Fsp3) is 0. The molecule has 0 aliphatic heterocycles. The molecule has 1 aromatic heterocycles. The predicted octanol–water partition coefficient (Wildman–Crippen LogP) is 1.52. The van der Waals surface area contributed by atoms with Crippen molar-refractivity contribution in [2.75, 3.05) is 0 Å². The van der Waals surface area contributed by atoms with E-state index in [-0.39, 0.29) is 23.1 Å². The molecule has 0 saturated carbocycles. The number of aromatic nitrogens is 1. The number of rotatable bonds is 1. The zero-order valence-corrected chi connectivity index (χ0v) is 9.41. The standard InChI is InChI=1S/C6H5BrClN3O.ClH/c7-3-1-4(6(12)11-9)5(8)10-2-3;/h1-2H,9H2,(H,11,12);1H. The second-order valence-electron chi connectivity index (χ2n) is 1.97. The first-order chi connectivity index (χ1) is 5.65. The Balaban J connectivity index is 0.00000144. The van der Waals surface area contributed by atoms with Gasteiger partial charge in [0, 0.05) is 10.7 Å². The van der Waals surface area contributed by atoms with Crippen LogP contribution in [0.5, 0.6) is 0 Å². The first-order valence-electron chi connectivity index (χ1n) is 2.97. The molecule has 1 amide bonds. The molecule has 0 aromatic carbocycles. The Hall–Kier alpha value is -0.360. The van der Waals surface area contributed by atoms with Gasteiger partial charge in [0.25, 0.3) is 5.91 Å². The molecule has 0 aliphatic carbocycles. The third kappa shape index (κ3) is 3.11. The molecular formula is C6H6BrCl2N3O. The van der Waals surface area contributed by atoms with Crippen LogP contribution in [0.4, 0.5) is 0 Å². The van der Waals surface area contributed by atoms with E-state index >= 15 is 0 Å². The molecule has 1 heterocycles. The van der Waals surface area contributed by atoms with Gasteiger partial charge in [-0.15, -0.1) is 12.4 Å². The molecule has 0 fully saturated rings. The number of carbonyl (C=O) groups is 1. The van der Waals surface area contributed by atoms with Gasteiger partial charge in [0.15, 0.2) is 0 Å². The first kappa shape index (κ1) is 12.6. The third-order valence-electron chi connectivity index (χ3n) is 1.18. The van der Waals surface area contributed by atoms with Gasteiger partial charge in [-0.2, -0.15) is 0 Å². The van der Waals surface area contributed by atoms with Crippen LogP contribution in [0, 0.1) is 0 Å². The second-order valence-corrected chi connectivity index (χ2v) is 3.24. The van der Waals surface area contributed by atoms with Crippen LogP contribution in [0.1, 0.15) is 10.4 Å². The van der Waals surface area contributed by atoms with Crippen molar-refractivity contribution in [3.05, 3.63) is 27.5 Å². The highest BCUT2D eigenvalue weighted by atomic mass is 79.9. The summed E-state index contributed by atoms with van der Waals surface area (Å²) in [6, 6.07) is 1.54. The minimum atomic E-state index is -0.464. The monoisotopic (exact) mass is 285 g/mol. The molecule has 1 aromatic rings. The minimum absolute atomic E-state index is 0. The number of carbonyl (C=O) groups excluding carboxylic acids is 1. The van der Waals surface area contributed by atoms with Gasteiger partial charge in [-0.25, -0.2) is 10.8 Å². The van der Waals surface area contributed by atoms with Crippen molar-refractivity contribution in [3.8, 4) is 0 Å². The summed E-state index contributed by atoms with van der Waals surface area (Å²) in [4.78, 5) is 14.8. The number of nitrogen functional groups attached to an aromatic ring is 1. The lowest BCUT2D eigenvalue weighted by molar-refractivity contribution is 0.0953. The topological polar surface area (TPSA) is 68.0 Å². The van der Waals surface area contributed by atoms with E-state index in [1.807, 2.05) is 5.43 Å². The van der Waals surface area contributed by atoms with Gasteiger partial charge >= 0.3 is 0 Å². The molecule has 0 aliphatic rings. The normalized spacial score (nSPS) is 8.85. The van der Waals surface area contributed by atoms with Crippen LogP contribution in [0.3, 0.4) is 0 Å². The lowest BCUT2D eigenvalue weighted by atomic mass is 10.3. The van der Waals surface area contributed by atoms with Gasteiger partial charge in [-0.05, 0) is 22.0 Å². The summed E-state index contributed by atoms with van der Waals surface area (Å²) < 4.78 is 0.672. The van der Waals surface area contributed by atoms with Gasteiger partial charge < -0.3 is 0 Å². The highest BCUT2D eigenvalue weighted by Crippen LogP contribution is 2.17. The molecule has 0 unspecified atom stereocenters. The average Bonchev–Trinajstić information content (AvgIpc) is 2.08. The summed E-state index contributed by atoms with van der Waals surface area (Å²) in [5, 5.41) is 0.126. The fourth-order valence-electron chi connectivity index (χ4n) is 0.660. The maximum atomic E-state index is 11.0. The maximum Gasteiger partial charge on any atom is 0.268 e. The number of hydrazine groups is 1. The molecule has 0 atom stereocenters. The maximum absolute atomic E-state index is 11.0. The van der Waals surface area contributed by atoms with Gasteiger partial charge in [0.05, 0.1) is 5.56 Å². The zero-order chi connectivity index (χ0) is 9.14. The number of hydrogen-bond acceptors (Lipinski definition) is 3. The summed E-state index contributed by atoms with van der Waals surface area (Å²) in [5.41, 5.74) is 2.21. The van der Waals surface area contributed by atoms with Crippen LogP contribution in [0.25, 0.3) is 0 Å². The fourth-order valence-corrected chi connectivity index (χ4v) is 1.18.